The number of hydrogen-bond donors (Lipinski definition) is 5. The number of aliphatic hydroxyl groups excluding tert-OH is 3. The number of primary amides is 1. The zero-order valence-electron chi connectivity index (χ0n) is 14.5. The normalized spacial score (nSPS) is 24.8. The summed E-state index contributed by atoms with van der Waals surface area (Å²) in [5.74, 6) is -0.329. The van der Waals surface area contributed by atoms with E-state index in [2.05, 4.69) is 20.1 Å². The van der Waals surface area contributed by atoms with Gasteiger partial charge in [0.25, 0.3) is 5.95 Å². The number of carbonyl (C=O) groups excluding carboxylic acids is 1. The van der Waals surface area contributed by atoms with Gasteiger partial charge in [-0.3, -0.25) is 9.36 Å². The molecule has 13 nitrogen and oxygen atoms in total. The molecule has 0 saturated carbocycles. The first-order chi connectivity index (χ1) is 13.4. The van der Waals surface area contributed by atoms with Gasteiger partial charge in [-0.15, -0.1) is 0 Å². The summed E-state index contributed by atoms with van der Waals surface area (Å²) in [6.07, 6.45) is -0.189. The van der Waals surface area contributed by atoms with Crippen molar-refractivity contribution in [3.05, 3.63) is 24.3 Å². The van der Waals surface area contributed by atoms with E-state index in [9.17, 15) is 20.1 Å². The van der Waals surface area contributed by atoms with Crippen LogP contribution in [0.3, 0.4) is 0 Å². The van der Waals surface area contributed by atoms with Crippen LogP contribution in [0.2, 0.25) is 0 Å². The molecule has 1 aliphatic heterocycles. The number of fused-ring (bicyclic) bond motifs is 1. The van der Waals surface area contributed by atoms with Gasteiger partial charge in [0.1, 0.15) is 23.8 Å². The fraction of sp³-hybridized carbons (Fsp3) is 0.400. The van der Waals surface area contributed by atoms with E-state index in [1.165, 1.54) is 21.8 Å². The molecule has 0 radical (unpaired) electrons. The van der Waals surface area contributed by atoms with Crippen LogP contribution in [0.5, 0.6) is 0 Å². The van der Waals surface area contributed by atoms with Crippen LogP contribution >= 0.6 is 0 Å². The summed E-state index contributed by atoms with van der Waals surface area (Å²) in [5, 5.41) is 33.6. The predicted octanol–water partition coefficient (Wildman–Crippen LogP) is -2.77. The number of nitrogens with zero attached hydrogens (tertiary/aromatic N) is 6. The van der Waals surface area contributed by atoms with Gasteiger partial charge in [-0.05, 0) is 5.56 Å². The van der Waals surface area contributed by atoms with E-state index in [1.54, 1.807) is 6.20 Å². The van der Waals surface area contributed by atoms with Crippen LogP contribution in [-0.2, 0) is 16.0 Å². The van der Waals surface area contributed by atoms with Gasteiger partial charge < -0.3 is 31.5 Å². The fourth-order valence-electron chi connectivity index (χ4n) is 3.09. The summed E-state index contributed by atoms with van der Waals surface area (Å²) in [4.78, 5) is 23.7. The molecule has 28 heavy (non-hydrogen) atoms. The summed E-state index contributed by atoms with van der Waals surface area (Å²) < 4.78 is 8.24. The molecule has 1 saturated heterocycles. The molecule has 0 spiro atoms. The zero-order chi connectivity index (χ0) is 20.0. The van der Waals surface area contributed by atoms with Crippen molar-refractivity contribution in [2.45, 2.75) is 31.0 Å². The molecule has 0 unspecified atom stereocenters. The first-order valence-corrected chi connectivity index (χ1v) is 8.33. The Bertz CT molecular complexity index is 1030. The summed E-state index contributed by atoms with van der Waals surface area (Å²) in [5.41, 5.74) is 12.2. The molecule has 1 fully saturated rings. The second kappa shape index (κ2) is 6.79. The molecule has 4 rings (SSSR count). The molecule has 13 heteroatoms. The lowest BCUT2D eigenvalue weighted by molar-refractivity contribution is -0.117. The van der Waals surface area contributed by atoms with Crippen molar-refractivity contribution < 1.29 is 24.9 Å². The monoisotopic (exact) mass is 390 g/mol. The van der Waals surface area contributed by atoms with Crippen molar-refractivity contribution in [3.8, 4) is 5.95 Å². The van der Waals surface area contributed by atoms with Crippen molar-refractivity contribution in [2.24, 2.45) is 5.73 Å². The Morgan fingerprint density at radius 3 is 2.75 bits per heavy atom. The van der Waals surface area contributed by atoms with Crippen LogP contribution in [0, 0.1) is 0 Å². The minimum Gasteiger partial charge on any atom is -0.394 e. The number of hydrogen-bond acceptors (Lipinski definition) is 10. The lowest BCUT2D eigenvalue weighted by Gasteiger charge is -2.16. The highest BCUT2D eigenvalue weighted by molar-refractivity contribution is 5.82. The summed E-state index contributed by atoms with van der Waals surface area (Å²) in [6.45, 7) is -0.459. The number of amides is 1. The lowest BCUT2D eigenvalue weighted by atomic mass is 10.1. The maximum absolute atomic E-state index is 11.1. The highest BCUT2D eigenvalue weighted by Crippen LogP contribution is 2.32. The van der Waals surface area contributed by atoms with Gasteiger partial charge in [0.2, 0.25) is 5.91 Å². The molecule has 0 aliphatic carbocycles. The van der Waals surface area contributed by atoms with E-state index >= 15 is 0 Å². The molecule has 7 N–H and O–H groups in total. The van der Waals surface area contributed by atoms with Gasteiger partial charge in [0.15, 0.2) is 17.7 Å². The van der Waals surface area contributed by atoms with Crippen molar-refractivity contribution in [1.29, 1.82) is 0 Å². The van der Waals surface area contributed by atoms with E-state index < -0.39 is 37.1 Å². The van der Waals surface area contributed by atoms with Crippen LogP contribution in [0.25, 0.3) is 17.1 Å². The maximum atomic E-state index is 11.1. The highest BCUT2D eigenvalue weighted by atomic mass is 16.6. The van der Waals surface area contributed by atoms with Crippen LogP contribution < -0.4 is 11.5 Å². The van der Waals surface area contributed by atoms with Crippen molar-refractivity contribution >= 4 is 22.9 Å². The van der Waals surface area contributed by atoms with E-state index in [1.807, 2.05) is 0 Å². The Hall–Kier alpha value is -3.13. The van der Waals surface area contributed by atoms with Crippen LogP contribution in [0.4, 0.5) is 5.82 Å². The molecule has 4 heterocycles. The van der Waals surface area contributed by atoms with E-state index in [-0.39, 0.29) is 29.4 Å². The standard InChI is InChI=1S/C15H18N8O5/c16-8(25)1-6-2-19-23(3-6)15-20-12(17)9-13(21-15)22(5-18-9)14-11(27)10(26)7(4-24)28-14/h2-3,5,7,10-11,14,24,26-27H,1,4H2,(H2,16,25)(H2,17,20,21)/t7-,10+,11-,14-/m1/s1. The number of rotatable bonds is 5. The van der Waals surface area contributed by atoms with Crippen molar-refractivity contribution in [3.63, 3.8) is 0 Å². The second-order valence-corrected chi connectivity index (χ2v) is 6.40. The number of nitrogen functional groups attached to an aromatic ring is 1. The average Bonchev–Trinajstić information content (AvgIpc) is 3.34. The Labute approximate surface area is 157 Å². The molecule has 1 amide bonds. The SMILES string of the molecule is NC(=O)Cc1cnn(-c2nc(N)c3ncn([C@@H]4O[C@H](CO)[C@H](O)[C@H]4O)c3n2)c1. The van der Waals surface area contributed by atoms with Crippen LogP contribution in [0.1, 0.15) is 11.8 Å². The van der Waals surface area contributed by atoms with Gasteiger partial charge in [-0.2, -0.15) is 15.1 Å². The predicted molar refractivity (Wildman–Crippen MR) is 92.8 cm³/mol. The van der Waals surface area contributed by atoms with Crippen molar-refractivity contribution in [2.75, 3.05) is 12.3 Å². The number of imidazole rings is 1. The van der Waals surface area contributed by atoms with Gasteiger partial charge in [-0.1, -0.05) is 0 Å². The molecule has 3 aromatic heterocycles. The van der Waals surface area contributed by atoms with E-state index in [4.69, 9.17) is 16.2 Å². The lowest BCUT2D eigenvalue weighted by Crippen LogP contribution is -2.33. The largest absolute Gasteiger partial charge is 0.394 e. The fourth-order valence-corrected chi connectivity index (χ4v) is 3.09. The quantitative estimate of drug-likeness (QED) is 0.304. The zero-order valence-corrected chi connectivity index (χ0v) is 14.5. The third-order valence-electron chi connectivity index (χ3n) is 4.45. The highest BCUT2D eigenvalue weighted by Gasteiger charge is 2.44. The molecular weight excluding hydrogens is 372 g/mol. The van der Waals surface area contributed by atoms with Crippen molar-refractivity contribution in [1.82, 2.24) is 29.3 Å². The van der Waals surface area contributed by atoms with Gasteiger partial charge in [0, 0.05) is 6.20 Å². The Morgan fingerprint density at radius 1 is 1.29 bits per heavy atom. The second-order valence-electron chi connectivity index (χ2n) is 6.40. The average molecular weight is 390 g/mol. The Balaban J connectivity index is 1.75. The summed E-state index contributed by atoms with van der Waals surface area (Å²) in [7, 11) is 0. The van der Waals surface area contributed by atoms with Crippen LogP contribution in [-0.4, -0.2) is 75.4 Å². The number of anilines is 1. The Morgan fingerprint density at radius 2 is 2.07 bits per heavy atom. The molecular formula is C15H18N8O5. The molecule has 1 aliphatic rings. The number of ether oxygens (including phenoxy) is 1. The maximum Gasteiger partial charge on any atom is 0.254 e. The molecule has 3 aromatic rings. The van der Waals surface area contributed by atoms with E-state index in [0.717, 1.165) is 0 Å². The first-order valence-electron chi connectivity index (χ1n) is 8.33. The first kappa shape index (κ1) is 18.2. The van der Waals surface area contributed by atoms with Gasteiger partial charge in [-0.25, -0.2) is 9.67 Å². The van der Waals surface area contributed by atoms with Gasteiger partial charge >= 0.3 is 0 Å². The summed E-state index contributed by atoms with van der Waals surface area (Å²) in [6, 6.07) is 0. The minimum atomic E-state index is -1.30. The third-order valence-corrected chi connectivity index (χ3v) is 4.45. The van der Waals surface area contributed by atoms with Crippen LogP contribution in [0.15, 0.2) is 18.7 Å². The van der Waals surface area contributed by atoms with Gasteiger partial charge in [0.05, 0.1) is 25.6 Å². The number of aliphatic hydroxyl groups is 3. The molecule has 0 bridgehead atoms. The number of aromatic nitrogens is 6. The molecule has 148 valence electrons. The summed E-state index contributed by atoms with van der Waals surface area (Å²) >= 11 is 0. The molecule has 0 aromatic carbocycles. The number of carbonyl (C=O) groups is 1. The third kappa shape index (κ3) is 2.95. The topological polar surface area (TPSA) is 200 Å². The smallest absolute Gasteiger partial charge is 0.254 e. The molecule has 4 atom stereocenters. The minimum absolute atomic E-state index is 0.0121. The van der Waals surface area contributed by atoms with E-state index in [0.29, 0.717) is 5.56 Å². The number of nitrogens with two attached hydrogens (primary N) is 2. The Kier molecular flexibility index (Phi) is 4.43.